The van der Waals surface area contributed by atoms with Crippen molar-refractivity contribution >= 4 is 41.3 Å². The molecule has 1 heterocycles. The Hall–Kier alpha value is -2.51. The number of hydrogen-bond acceptors (Lipinski definition) is 5. The molecule has 2 aromatic carbocycles. The van der Waals surface area contributed by atoms with Crippen molar-refractivity contribution in [3.8, 4) is 0 Å². The van der Waals surface area contributed by atoms with E-state index in [4.69, 9.17) is 16.3 Å². The fourth-order valence-corrected chi connectivity index (χ4v) is 3.69. The van der Waals surface area contributed by atoms with E-state index in [2.05, 4.69) is 5.32 Å². The summed E-state index contributed by atoms with van der Waals surface area (Å²) in [5.74, 6) is -0.552. The lowest BCUT2D eigenvalue weighted by atomic mass is 9.92. The monoisotopic (exact) mass is 418 g/mol. The van der Waals surface area contributed by atoms with Crippen LogP contribution in [0.15, 0.2) is 59.5 Å². The molecule has 1 saturated heterocycles. The number of hydrogen-bond donors (Lipinski definition) is 1. The molecule has 1 aliphatic rings. The van der Waals surface area contributed by atoms with Gasteiger partial charge >= 0.3 is 12.0 Å². The number of carbonyl (C=O) groups excluding carboxylic acids is 3. The maximum absolute atomic E-state index is 12.7. The molecule has 6 nitrogen and oxygen atoms in total. The predicted octanol–water partition coefficient (Wildman–Crippen LogP) is 3.44. The molecule has 1 N–H and O–H groups in total. The van der Waals surface area contributed by atoms with Crippen molar-refractivity contribution in [1.29, 1.82) is 0 Å². The first-order valence-corrected chi connectivity index (χ1v) is 10.00. The molecule has 3 rings (SSSR count). The summed E-state index contributed by atoms with van der Waals surface area (Å²) in [6, 6.07) is 15.6. The number of carbonyl (C=O) groups is 3. The maximum atomic E-state index is 12.7. The Labute approximate surface area is 172 Å². The second kappa shape index (κ2) is 8.67. The SMILES string of the molecule is C[C@]1(c2ccccc2)NC(=O)N(CC(=O)OCCSc2ccc(Cl)cc2)C1=O. The van der Waals surface area contributed by atoms with Crippen LogP contribution in [0.3, 0.4) is 0 Å². The number of amides is 3. The Bertz CT molecular complexity index is 876. The summed E-state index contributed by atoms with van der Waals surface area (Å²) >= 11 is 7.35. The van der Waals surface area contributed by atoms with Crippen molar-refractivity contribution in [2.24, 2.45) is 0 Å². The number of benzene rings is 2. The molecule has 8 heteroatoms. The van der Waals surface area contributed by atoms with Crippen LogP contribution in [-0.2, 0) is 19.9 Å². The summed E-state index contributed by atoms with van der Waals surface area (Å²) in [5.41, 5.74) is -0.535. The summed E-state index contributed by atoms with van der Waals surface area (Å²) < 4.78 is 5.16. The second-order valence-electron chi connectivity index (χ2n) is 6.34. The van der Waals surface area contributed by atoms with Gasteiger partial charge in [-0.1, -0.05) is 41.9 Å². The molecule has 3 amide bonds. The average molecular weight is 419 g/mol. The molecule has 0 saturated carbocycles. The van der Waals surface area contributed by atoms with Crippen LogP contribution in [0.2, 0.25) is 5.02 Å². The van der Waals surface area contributed by atoms with Crippen LogP contribution in [0.4, 0.5) is 4.79 Å². The van der Waals surface area contributed by atoms with Gasteiger partial charge in [-0.15, -0.1) is 11.8 Å². The molecule has 1 fully saturated rings. The molecule has 0 spiro atoms. The lowest BCUT2D eigenvalue weighted by Gasteiger charge is -2.21. The number of nitrogens with one attached hydrogen (secondary N) is 1. The van der Waals surface area contributed by atoms with Gasteiger partial charge in [0.2, 0.25) is 0 Å². The van der Waals surface area contributed by atoms with Gasteiger partial charge in [-0.2, -0.15) is 0 Å². The Balaban J connectivity index is 1.50. The van der Waals surface area contributed by atoms with Gasteiger partial charge < -0.3 is 10.1 Å². The molecule has 2 aromatic rings. The van der Waals surface area contributed by atoms with Crippen LogP contribution in [0.5, 0.6) is 0 Å². The average Bonchev–Trinajstić information content (AvgIpc) is 2.91. The van der Waals surface area contributed by atoms with E-state index in [0.717, 1.165) is 9.80 Å². The topological polar surface area (TPSA) is 75.7 Å². The Morgan fingerprint density at radius 2 is 1.82 bits per heavy atom. The molecule has 146 valence electrons. The fourth-order valence-electron chi connectivity index (χ4n) is 2.83. The molecule has 1 atom stereocenters. The van der Waals surface area contributed by atoms with Crippen LogP contribution in [0, 0.1) is 0 Å². The maximum Gasteiger partial charge on any atom is 0.326 e. The second-order valence-corrected chi connectivity index (χ2v) is 7.94. The smallest absolute Gasteiger partial charge is 0.326 e. The first-order valence-electron chi connectivity index (χ1n) is 8.64. The van der Waals surface area contributed by atoms with Crippen molar-refractivity contribution in [1.82, 2.24) is 10.2 Å². The summed E-state index contributed by atoms with van der Waals surface area (Å²) in [5, 5.41) is 3.32. The van der Waals surface area contributed by atoms with Gasteiger partial charge in [0.05, 0.1) is 0 Å². The van der Waals surface area contributed by atoms with E-state index in [0.29, 0.717) is 16.3 Å². The number of ether oxygens (including phenoxy) is 1. The van der Waals surface area contributed by atoms with E-state index in [1.54, 1.807) is 43.3 Å². The molecule has 28 heavy (non-hydrogen) atoms. The molecule has 0 aliphatic carbocycles. The van der Waals surface area contributed by atoms with Crippen molar-refractivity contribution in [2.75, 3.05) is 18.9 Å². The fraction of sp³-hybridized carbons (Fsp3) is 0.250. The van der Waals surface area contributed by atoms with E-state index in [1.165, 1.54) is 11.8 Å². The van der Waals surface area contributed by atoms with Crippen LogP contribution in [0.1, 0.15) is 12.5 Å². The molecular weight excluding hydrogens is 400 g/mol. The summed E-state index contributed by atoms with van der Waals surface area (Å²) in [7, 11) is 0. The normalized spacial score (nSPS) is 18.9. The number of imide groups is 1. The van der Waals surface area contributed by atoms with Gasteiger partial charge in [0.15, 0.2) is 0 Å². The van der Waals surface area contributed by atoms with Crippen LogP contribution in [-0.4, -0.2) is 41.7 Å². The highest BCUT2D eigenvalue weighted by atomic mass is 35.5. The van der Waals surface area contributed by atoms with Gasteiger partial charge in [-0.3, -0.25) is 14.5 Å². The van der Waals surface area contributed by atoms with E-state index in [1.807, 2.05) is 18.2 Å². The number of urea groups is 1. The predicted molar refractivity (Wildman–Crippen MR) is 107 cm³/mol. The Kier molecular flexibility index (Phi) is 6.26. The highest BCUT2D eigenvalue weighted by molar-refractivity contribution is 7.99. The number of halogens is 1. The van der Waals surface area contributed by atoms with E-state index in [9.17, 15) is 14.4 Å². The first-order chi connectivity index (χ1) is 13.4. The largest absolute Gasteiger partial charge is 0.463 e. The molecule has 1 aliphatic heterocycles. The molecule has 0 radical (unpaired) electrons. The van der Waals surface area contributed by atoms with Crippen LogP contribution < -0.4 is 5.32 Å². The number of nitrogens with zero attached hydrogens (tertiary/aromatic N) is 1. The molecular formula is C20H19ClN2O4S. The van der Waals surface area contributed by atoms with E-state index < -0.39 is 30.0 Å². The minimum Gasteiger partial charge on any atom is -0.463 e. The van der Waals surface area contributed by atoms with Crippen molar-refractivity contribution < 1.29 is 19.1 Å². The summed E-state index contributed by atoms with van der Waals surface area (Å²) in [6.45, 7) is 1.38. The highest BCUT2D eigenvalue weighted by Crippen LogP contribution is 2.28. The van der Waals surface area contributed by atoms with Gasteiger partial charge in [0, 0.05) is 15.7 Å². The van der Waals surface area contributed by atoms with Crippen LogP contribution in [0.25, 0.3) is 0 Å². The number of thioether (sulfide) groups is 1. The third kappa shape index (κ3) is 4.48. The van der Waals surface area contributed by atoms with Gasteiger partial charge in [-0.05, 0) is 36.8 Å². The van der Waals surface area contributed by atoms with E-state index in [-0.39, 0.29) is 6.61 Å². The summed E-state index contributed by atoms with van der Waals surface area (Å²) in [4.78, 5) is 38.9. The lowest BCUT2D eigenvalue weighted by Crippen LogP contribution is -2.41. The van der Waals surface area contributed by atoms with Gasteiger partial charge in [-0.25, -0.2) is 4.79 Å². The highest BCUT2D eigenvalue weighted by Gasteiger charge is 2.49. The zero-order valence-corrected chi connectivity index (χ0v) is 16.8. The first kappa shape index (κ1) is 20.2. The molecule has 0 bridgehead atoms. The van der Waals surface area contributed by atoms with Gasteiger partial charge in [0.1, 0.15) is 18.7 Å². The Morgan fingerprint density at radius 1 is 1.14 bits per heavy atom. The zero-order valence-electron chi connectivity index (χ0n) is 15.2. The zero-order chi connectivity index (χ0) is 20.1. The third-order valence-electron chi connectivity index (χ3n) is 4.34. The quantitative estimate of drug-likeness (QED) is 0.322. The number of esters is 1. The van der Waals surface area contributed by atoms with Crippen molar-refractivity contribution in [3.05, 3.63) is 65.2 Å². The van der Waals surface area contributed by atoms with E-state index >= 15 is 0 Å². The number of rotatable bonds is 7. The van der Waals surface area contributed by atoms with Crippen molar-refractivity contribution in [2.45, 2.75) is 17.4 Å². The minimum atomic E-state index is -1.19. The Morgan fingerprint density at radius 3 is 2.50 bits per heavy atom. The third-order valence-corrected chi connectivity index (χ3v) is 5.57. The minimum absolute atomic E-state index is 0.172. The van der Waals surface area contributed by atoms with Gasteiger partial charge in [0.25, 0.3) is 5.91 Å². The lowest BCUT2D eigenvalue weighted by molar-refractivity contribution is -0.147. The summed E-state index contributed by atoms with van der Waals surface area (Å²) in [6.07, 6.45) is 0. The molecule has 0 unspecified atom stereocenters. The standard InChI is InChI=1S/C20H19ClN2O4S/c1-20(14-5-3-2-4-6-14)18(25)23(19(26)22-20)13-17(24)27-11-12-28-16-9-7-15(21)8-10-16/h2-10H,11-13H2,1H3,(H,22,26)/t20-/m1/s1. The van der Waals surface area contributed by atoms with Crippen molar-refractivity contribution in [3.63, 3.8) is 0 Å². The van der Waals surface area contributed by atoms with Crippen LogP contribution >= 0.6 is 23.4 Å². The molecule has 0 aromatic heterocycles.